The fourth-order valence-corrected chi connectivity index (χ4v) is 1.29. The molecule has 1 heterocycles. The van der Waals surface area contributed by atoms with Crippen LogP contribution in [0.1, 0.15) is 17.3 Å². The number of aliphatic carboxylic acids is 1. The molecule has 1 rings (SSSR count). The Kier molecular flexibility index (Phi) is 2.56. The van der Waals surface area contributed by atoms with Crippen LogP contribution in [0.15, 0.2) is 12.3 Å². The number of hydrogen-bond acceptors (Lipinski definition) is 4. The lowest BCUT2D eigenvalue weighted by Crippen LogP contribution is -2.13. The molecule has 1 aromatic rings. The van der Waals surface area contributed by atoms with Gasteiger partial charge in [-0.3, -0.25) is 4.79 Å². The van der Waals surface area contributed by atoms with E-state index in [1.165, 1.54) is 11.5 Å². The summed E-state index contributed by atoms with van der Waals surface area (Å²) in [6.45, 7) is 0. The zero-order chi connectivity index (χ0) is 8.27. The summed E-state index contributed by atoms with van der Waals surface area (Å²) < 4.78 is 3.82. The molecule has 1 atom stereocenters. The summed E-state index contributed by atoms with van der Waals surface area (Å²) in [5.74, 6) is -0.883. The lowest BCUT2D eigenvalue weighted by atomic mass is 10.2. The average molecular weight is 172 g/mol. The molecule has 0 spiro atoms. The van der Waals surface area contributed by atoms with Crippen LogP contribution in [-0.2, 0) is 4.79 Å². The first kappa shape index (κ1) is 8.16. The van der Waals surface area contributed by atoms with E-state index in [2.05, 4.69) is 4.37 Å². The second kappa shape index (κ2) is 3.45. The zero-order valence-corrected chi connectivity index (χ0v) is 6.54. The molecule has 0 saturated carbocycles. The highest BCUT2D eigenvalue weighted by molar-refractivity contribution is 7.05. The van der Waals surface area contributed by atoms with Gasteiger partial charge in [0.2, 0.25) is 0 Å². The third-order valence-electron chi connectivity index (χ3n) is 1.22. The van der Waals surface area contributed by atoms with Crippen molar-refractivity contribution in [3.8, 4) is 0 Å². The number of carbonyl (C=O) groups is 1. The number of rotatable bonds is 3. The molecule has 11 heavy (non-hydrogen) atoms. The van der Waals surface area contributed by atoms with Crippen LogP contribution in [0.4, 0.5) is 0 Å². The summed E-state index contributed by atoms with van der Waals surface area (Å²) in [6.07, 6.45) is 1.57. The van der Waals surface area contributed by atoms with Gasteiger partial charge in [0.1, 0.15) is 0 Å². The molecule has 0 amide bonds. The maximum Gasteiger partial charge on any atom is 0.305 e. The Morgan fingerprint density at radius 1 is 1.91 bits per heavy atom. The normalized spacial score (nSPS) is 12.8. The second-order valence-corrected chi connectivity index (χ2v) is 2.98. The van der Waals surface area contributed by atoms with E-state index in [0.29, 0.717) is 0 Å². The summed E-state index contributed by atoms with van der Waals surface area (Å²) in [5.41, 5.74) is 5.53. The first-order valence-corrected chi connectivity index (χ1v) is 3.85. The van der Waals surface area contributed by atoms with Crippen LogP contribution in [0.2, 0.25) is 0 Å². The first-order valence-electron chi connectivity index (χ1n) is 3.08. The van der Waals surface area contributed by atoms with E-state index in [9.17, 15) is 4.79 Å². The third-order valence-corrected chi connectivity index (χ3v) is 2.09. The van der Waals surface area contributed by atoms with Crippen LogP contribution in [0.3, 0.4) is 0 Å². The van der Waals surface area contributed by atoms with Gasteiger partial charge in [0, 0.05) is 11.1 Å². The van der Waals surface area contributed by atoms with E-state index >= 15 is 0 Å². The largest absolute Gasteiger partial charge is 0.481 e. The molecule has 0 bridgehead atoms. The summed E-state index contributed by atoms with van der Waals surface area (Å²) in [7, 11) is 0. The van der Waals surface area contributed by atoms with Crippen molar-refractivity contribution >= 4 is 17.5 Å². The topological polar surface area (TPSA) is 76.2 Å². The van der Waals surface area contributed by atoms with Gasteiger partial charge >= 0.3 is 5.97 Å². The molecular formula is C6H8N2O2S. The minimum Gasteiger partial charge on any atom is -0.481 e. The number of nitrogens with zero attached hydrogens (tertiary/aromatic N) is 1. The highest BCUT2D eigenvalue weighted by Gasteiger charge is 2.11. The minimum atomic E-state index is -0.883. The molecule has 0 aliphatic rings. The maximum atomic E-state index is 10.2. The van der Waals surface area contributed by atoms with Gasteiger partial charge in [-0.25, -0.2) is 4.37 Å². The van der Waals surface area contributed by atoms with Crippen molar-refractivity contribution in [2.45, 2.75) is 12.5 Å². The van der Waals surface area contributed by atoms with Gasteiger partial charge in [-0.1, -0.05) is 0 Å². The molecular weight excluding hydrogens is 164 g/mol. The Morgan fingerprint density at radius 2 is 2.64 bits per heavy atom. The van der Waals surface area contributed by atoms with Crippen molar-refractivity contribution in [2.24, 2.45) is 5.73 Å². The van der Waals surface area contributed by atoms with E-state index in [1.807, 2.05) is 0 Å². The summed E-state index contributed by atoms with van der Waals surface area (Å²) in [4.78, 5) is 11.0. The van der Waals surface area contributed by atoms with Crippen LogP contribution < -0.4 is 5.73 Å². The van der Waals surface area contributed by atoms with Gasteiger partial charge in [-0.2, -0.15) is 0 Å². The van der Waals surface area contributed by atoms with Crippen molar-refractivity contribution in [3.63, 3.8) is 0 Å². The predicted octanol–water partition coefficient (Wildman–Crippen LogP) is 0.618. The van der Waals surface area contributed by atoms with Crippen molar-refractivity contribution in [1.82, 2.24) is 4.37 Å². The lowest BCUT2D eigenvalue weighted by molar-refractivity contribution is -0.137. The minimum absolute atomic E-state index is 0.0395. The van der Waals surface area contributed by atoms with E-state index < -0.39 is 12.0 Å². The fourth-order valence-electron chi connectivity index (χ4n) is 0.706. The van der Waals surface area contributed by atoms with Crippen molar-refractivity contribution in [3.05, 3.63) is 17.1 Å². The number of nitrogens with two attached hydrogens (primary N) is 1. The quantitative estimate of drug-likeness (QED) is 0.700. The molecule has 0 aliphatic carbocycles. The number of aromatic nitrogens is 1. The summed E-state index contributed by atoms with van der Waals surface area (Å²) in [5, 5.41) is 8.39. The first-order chi connectivity index (χ1) is 5.20. The van der Waals surface area contributed by atoms with E-state index in [0.717, 1.165) is 4.88 Å². The smallest absolute Gasteiger partial charge is 0.305 e. The molecule has 0 radical (unpaired) electrons. The Hall–Kier alpha value is -0.940. The van der Waals surface area contributed by atoms with Crippen LogP contribution in [0.25, 0.3) is 0 Å². The average Bonchev–Trinajstić information content (AvgIpc) is 2.35. The fraction of sp³-hybridized carbons (Fsp3) is 0.333. The van der Waals surface area contributed by atoms with Gasteiger partial charge in [0.05, 0.1) is 12.5 Å². The zero-order valence-electron chi connectivity index (χ0n) is 5.73. The summed E-state index contributed by atoms with van der Waals surface area (Å²) >= 11 is 1.23. The van der Waals surface area contributed by atoms with Crippen LogP contribution >= 0.6 is 11.5 Å². The van der Waals surface area contributed by atoms with E-state index in [-0.39, 0.29) is 6.42 Å². The van der Waals surface area contributed by atoms with Crippen molar-refractivity contribution in [2.75, 3.05) is 0 Å². The Balaban J connectivity index is 2.56. The van der Waals surface area contributed by atoms with Gasteiger partial charge in [0.25, 0.3) is 0 Å². The van der Waals surface area contributed by atoms with Crippen LogP contribution in [0, 0.1) is 0 Å². The molecule has 60 valence electrons. The molecule has 1 aromatic heterocycles. The van der Waals surface area contributed by atoms with Crippen molar-refractivity contribution in [1.29, 1.82) is 0 Å². The third kappa shape index (κ3) is 2.28. The lowest BCUT2D eigenvalue weighted by Gasteiger charge is -2.03. The summed E-state index contributed by atoms with van der Waals surface area (Å²) in [6, 6.07) is 1.32. The highest BCUT2D eigenvalue weighted by Crippen LogP contribution is 2.16. The van der Waals surface area contributed by atoms with E-state index in [1.54, 1.807) is 12.3 Å². The van der Waals surface area contributed by atoms with Gasteiger partial charge in [0.15, 0.2) is 0 Å². The van der Waals surface area contributed by atoms with Crippen LogP contribution in [0.5, 0.6) is 0 Å². The SMILES string of the molecule is NC(CC(=O)O)c1ccns1. The second-order valence-electron chi connectivity index (χ2n) is 2.12. The molecule has 4 nitrogen and oxygen atoms in total. The van der Waals surface area contributed by atoms with Gasteiger partial charge in [-0.15, -0.1) is 0 Å². The standard InChI is InChI=1S/C6H8N2O2S/c7-4(3-6(9)10)5-1-2-8-11-5/h1-2,4H,3,7H2,(H,9,10). The Morgan fingerprint density at radius 3 is 3.09 bits per heavy atom. The van der Waals surface area contributed by atoms with Gasteiger partial charge in [-0.05, 0) is 17.6 Å². The van der Waals surface area contributed by atoms with E-state index in [4.69, 9.17) is 10.8 Å². The highest BCUT2D eigenvalue weighted by atomic mass is 32.1. The van der Waals surface area contributed by atoms with Crippen LogP contribution in [-0.4, -0.2) is 15.4 Å². The Labute approximate surface area is 67.8 Å². The molecule has 1 unspecified atom stereocenters. The molecule has 5 heteroatoms. The Bertz CT molecular complexity index is 235. The molecule has 3 N–H and O–H groups in total. The van der Waals surface area contributed by atoms with Gasteiger partial charge < -0.3 is 10.8 Å². The number of carboxylic acid groups (broad SMARTS) is 1. The molecule has 0 saturated heterocycles. The monoisotopic (exact) mass is 172 g/mol. The maximum absolute atomic E-state index is 10.2. The molecule has 0 aromatic carbocycles. The van der Waals surface area contributed by atoms with Crippen molar-refractivity contribution < 1.29 is 9.90 Å². The molecule has 0 fully saturated rings. The number of hydrogen-bond donors (Lipinski definition) is 2. The predicted molar refractivity (Wildman–Crippen MR) is 41.3 cm³/mol. The number of carboxylic acids is 1. The molecule has 0 aliphatic heterocycles.